The van der Waals surface area contributed by atoms with Crippen LogP contribution < -0.4 is 5.32 Å². The number of aliphatic hydroxyl groups excluding tert-OH is 1. The zero-order chi connectivity index (χ0) is 15.4. The highest BCUT2D eigenvalue weighted by Gasteiger charge is 2.29. The number of aliphatic hydroxyl groups is 1. The molecule has 1 amide bonds. The standard InChI is InChI=1S/C13H17N3O5/c1-14-12-3-2-9(16(19)20)6-11(12)13(18)15-4-5-21-8-10(15)7-17/h2-3,6,10,14,17H,4-5,7-8H2,1H3. The Bertz CT molecular complexity index is 549. The Morgan fingerprint density at radius 3 is 3.00 bits per heavy atom. The highest BCUT2D eigenvalue weighted by atomic mass is 16.6. The summed E-state index contributed by atoms with van der Waals surface area (Å²) in [7, 11) is 1.64. The summed E-state index contributed by atoms with van der Waals surface area (Å²) in [4.78, 5) is 24.4. The average molecular weight is 295 g/mol. The molecule has 2 N–H and O–H groups in total. The molecule has 1 aromatic carbocycles. The Hall–Kier alpha value is -2.19. The molecule has 0 aromatic heterocycles. The number of morpholine rings is 1. The number of amides is 1. The first-order chi connectivity index (χ1) is 10.1. The Morgan fingerprint density at radius 2 is 2.38 bits per heavy atom. The number of rotatable bonds is 4. The van der Waals surface area contributed by atoms with E-state index in [2.05, 4.69) is 5.32 Å². The van der Waals surface area contributed by atoms with E-state index in [1.165, 1.54) is 23.1 Å². The molecular formula is C13H17N3O5. The van der Waals surface area contributed by atoms with Gasteiger partial charge in [-0.3, -0.25) is 14.9 Å². The number of benzene rings is 1. The monoisotopic (exact) mass is 295 g/mol. The van der Waals surface area contributed by atoms with Crippen LogP contribution in [-0.2, 0) is 4.74 Å². The minimum atomic E-state index is -0.543. The Labute approximate surface area is 121 Å². The van der Waals surface area contributed by atoms with Crippen LogP contribution in [0.25, 0.3) is 0 Å². The van der Waals surface area contributed by atoms with E-state index in [0.29, 0.717) is 18.8 Å². The molecular weight excluding hydrogens is 278 g/mol. The largest absolute Gasteiger partial charge is 0.394 e. The molecule has 1 saturated heterocycles. The van der Waals surface area contributed by atoms with E-state index >= 15 is 0 Å². The molecule has 0 radical (unpaired) electrons. The van der Waals surface area contributed by atoms with E-state index in [1.807, 2.05) is 0 Å². The molecule has 8 nitrogen and oxygen atoms in total. The van der Waals surface area contributed by atoms with Gasteiger partial charge in [0, 0.05) is 31.4 Å². The van der Waals surface area contributed by atoms with Crippen molar-refractivity contribution >= 4 is 17.3 Å². The van der Waals surface area contributed by atoms with Crippen LogP contribution in [0.4, 0.5) is 11.4 Å². The van der Waals surface area contributed by atoms with Crippen molar-refractivity contribution in [3.05, 3.63) is 33.9 Å². The van der Waals surface area contributed by atoms with E-state index in [9.17, 15) is 20.0 Å². The van der Waals surface area contributed by atoms with Crippen LogP contribution in [0.15, 0.2) is 18.2 Å². The molecule has 0 spiro atoms. The van der Waals surface area contributed by atoms with Crippen molar-refractivity contribution in [2.75, 3.05) is 38.7 Å². The number of carbonyl (C=O) groups excluding carboxylic acids is 1. The van der Waals surface area contributed by atoms with Crippen LogP contribution >= 0.6 is 0 Å². The van der Waals surface area contributed by atoms with Crippen LogP contribution in [0, 0.1) is 10.1 Å². The molecule has 0 aliphatic carbocycles. The number of nitro benzene ring substituents is 1. The third kappa shape index (κ3) is 3.11. The van der Waals surface area contributed by atoms with E-state index < -0.39 is 11.0 Å². The third-order valence-electron chi connectivity index (χ3n) is 3.41. The number of ether oxygens (including phenoxy) is 1. The molecule has 1 aliphatic heterocycles. The van der Waals surface area contributed by atoms with Gasteiger partial charge in [-0.1, -0.05) is 0 Å². The predicted octanol–water partition coefficient (Wildman–Crippen LogP) is 0.470. The molecule has 1 unspecified atom stereocenters. The van der Waals surface area contributed by atoms with Gasteiger partial charge in [0.25, 0.3) is 11.6 Å². The van der Waals surface area contributed by atoms with Gasteiger partial charge >= 0.3 is 0 Å². The topological polar surface area (TPSA) is 105 Å². The first kappa shape index (κ1) is 15.2. The summed E-state index contributed by atoms with van der Waals surface area (Å²) in [6.07, 6.45) is 0. The third-order valence-corrected chi connectivity index (χ3v) is 3.41. The number of anilines is 1. The molecule has 0 saturated carbocycles. The van der Waals surface area contributed by atoms with Crippen molar-refractivity contribution < 1.29 is 19.6 Å². The number of nitro groups is 1. The summed E-state index contributed by atoms with van der Waals surface area (Å²) in [5.74, 6) is -0.356. The first-order valence-corrected chi connectivity index (χ1v) is 6.54. The fourth-order valence-corrected chi connectivity index (χ4v) is 2.27. The maximum absolute atomic E-state index is 12.6. The highest BCUT2D eigenvalue weighted by molar-refractivity contribution is 6.00. The van der Waals surface area contributed by atoms with E-state index in [0.717, 1.165) is 0 Å². The quantitative estimate of drug-likeness (QED) is 0.618. The van der Waals surface area contributed by atoms with Gasteiger partial charge in [-0.25, -0.2) is 0 Å². The van der Waals surface area contributed by atoms with Crippen molar-refractivity contribution in [1.82, 2.24) is 4.90 Å². The van der Waals surface area contributed by atoms with Crippen molar-refractivity contribution in [2.24, 2.45) is 0 Å². The summed E-state index contributed by atoms with van der Waals surface area (Å²) in [5.41, 5.74) is 0.576. The van der Waals surface area contributed by atoms with Gasteiger partial charge in [0.15, 0.2) is 0 Å². The molecule has 1 heterocycles. The second-order valence-electron chi connectivity index (χ2n) is 4.65. The van der Waals surface area contributed by atoms with Gasteiger partial charge in [-0.2, -0.15) is 0 Å². The zero-order valence-corrected chi connectivity index (χ0v) is 11.6. The van der Waals surface area contributed by atoms with Crippen LogP contribution in [0.5, 0.6) is 0 Å². The molecule has 0 bridgehead atoms. The summed E-state index contributed by atoms with van der Waals surface area (Å²) in [6, 6.07) is 3.65. The van der Waals surface area contributed by atoms with Gasteiger partial charge in [0.2, 0.25) is 0 Å². The highest BCUT2D eigenvalue weighted by Crippen LogP contribution is 2.24. The second-order valence-corrected chi connectivity index (χ2v) is 4.65. The molecule has 8 heteroatoms. The van der Waals surface area contributed by atoms with E-state index in [-0.39, 0.29) is 30.4 Å². The minimum Gasteiger partial charge on any atom is -0.394 e. The lowest BCUT2D eigenvalue weighted by molar-refractivity contribution is -0.384. The summed E-state index contributed by atoms with van der Waals surface area (Å²) < 4.78 is 5.23. The maximum atomic E-state index is 12.6. The number of hydrogen-bond donors (Lipinski definition) is 2. The Balaban J connectivity index is 2.36. The fourth-order valence-electron chi connectivity index (χ4n) is 2.27. The lowest BCUT2D eigenvalue weighted by atomic mass is 10.1. The zero-order valence-electron chi connectivity index (χ0n) is 11.6. The van der Waals surface area contributed by atoms with Crippen LogP contribution in [0.2, 0.25) is 0 Å². The molecule has 1 aromatic rings. The Kier molecular flexibility index (Phi) is 4.71. The van der Waals surface area contributed by atoms with Gasteiger partial charge in [-0.05, 0) is 6.07 Å². The van der Waals surface area contributed by atoms with Gasteiger partial charge in [0.05, 0.1) is 36.3 Å². The smallest absolute Gasteiger partial charge is 0.270 e. The normalized spacial score (nSPS) is 18.4. The van der Waals surface area contributed by atoms with Gasteiger partial charge in [-0.15, -0.1) is 0 Å². The molecule has 1 atom stereocenters. The lowest BCUT2D eigenvalue weighted by Crippen LogP contribution is -2.50. The molecule has 2 rings (SSSR count). The average Bonchev–Trinajstić information content (AvgIpc) is 2.53. The summed E-state index contributed by atoms with van der Waals surface area (Å²) in [6.45, 7) is 0.767. The molecule has 1 fully saturated rings. The molecule has 21 heavy (non-hydrogen) atoms. The Morgan fingerprint density at radius 1 is 1.62 bits per heavy atom. The number of non-ortho nitro benzene ring substituents is 1. The second kappa shape index (κ2) is 6.51. The predicted molar refractivity (Wildman–Crippen MR) is 75.4 cm³/mol. The number of carbonyl (C=O) groups is 1. The van der Waals surface area contributed by atoms with E-state index in [1.54, 1.807) is 7.05 Å². The molecule has 114 valence electrons. The van der Waals surface area contributed by atoms with Crippen molar-refractivity contribution in [2.45, 2.75) is 6.04 Å². The van der Waals surface area contributed by atoms with Crippen molar-refractivity contribution in [3.63, 3.8) is 0 Å². The minimum absolute atomic E-state index is 0.147. The van der Waals surface area contributed by atoms with Crippen LogP contribution in [0.1, 0.15) is 10.4 Å². The maximum Gasteiger partial charge on any atom is 0.270 e. The summed E-state index contributed by atoms with van der Waals surface area (Å²) >= 11 is 0. The van der Waals surface area contributed by atoms with Crippen LogP contribution in [0.3, 0.4) is 0 Å². The van der Waals surface area contributed by atoms with E-state index in [4.69, 9.17) is 4.74 Å². The SMILES string of the molecule is CNc1ccc([N+](=O)[O-])cc1C(=O)N1CCOCC1CO. The molecule has 1 aliphatic rings. The van der Waals surface area contributed by atoms with Gasteiger partial charge < -0.3 is 20.1 Å². The van der Waals surface area contributed by atoms with Crippen molar-refractivity contribution in [1.29, 1.82) is 0 Å². The first-order valence-electron chi connectivity index (χ1n) is 6.54. The van der Waals surface area contributed by atoms with Gasteiger partial charge in [0.1, 0.15) is 0 Å². The van der Waals surface area contributed by atoms with Crippen LogP contribution in [-0.4, -0.2) is 60.3 Å². The number of nitrogens with one attached hydrogen (secondary N) is 1. The number of hydrogen-bond acceptors (Lipinski definition) is 6. The summed E-state index contributed by atoms with van der Waals surface area (Å²) in [5, 5.41) is 23.1. The van der Waals surface area contributed by atoms with Crippen molar-refractivity contribution in [3.8, 4) is 0 Å². The number of nitrogens with zero attached hydrogens (tertiary/aromatic N) is 2. The fraction of sp³-hybridized carbons (Fsp3) is 0.462. The lowest BCUT2D eigenvalue weighted by Gasteiger charge is -2.34.